The maximum Gasteiger partial charge on any atom is 0.326 e. The summed E-state index contributed by atoms with van der Waals surface area (Å²) in [7, 11) is -3.89. The first kappa shape index (κ1) is 18.2. The SMILES string of the molecule is CC1(C)CCc2cc(O)c(N3CC(=O)NS3(=O)=O)cc2C1.[K]. The monoisotopic (exact) mass is 349 g/mol. The molecule has 1 fully saturated rings. The Kier molecular flexibility index (Phi) is 5.02. The zero-order chi connectivity index (χ0) is 15.4. The quantitative estimate of drug-likeness (QED) is 0.731. The number of anilines is 1. The van der Waals surface area contributed by atoms with Crippen LogP contribution in [0.1, 0.15) is 31.4 Å². The van der Waals surface area contributed by atoms with Crippen molar-refractivity contribution in [1.29, 1.82) is 0 Å². The second kappa shape index (κ2) is 6.07. The van der Waals surface area contributed by atoms with E-state index in [0.717, 1.165) is 34.7 Å². The number of nitrogens with zero attached hydrogens (tertiary/aromatic N) is 1. The van der Waals surface area contributed by atoms with Crippen LogP contribution in [0.25, 0.3) is 0 Å². The zero-order valence-corrected chi connectivity index (χ0v) is 17.0. The summed E-state index contributed by atoms with van der Waals surface area (Å²) in [5.41, 5.74) is 2.41. The third-order valence-electron chi connectivity index (χ3n) is 4.13. The van der Waals surface area contributed by atoms with Gasteiger partial charge in [0.1, 0.15) is 12.3 Å². The minimum absolute atomic E-state index is 0. The smallest absolute Gasteiger partial charge is 0.326 e. The first-order valence-corrected chi connectivity index (χ1v) is 8.30. The Labute approximate surface area is 172 Å². The van der Waals surface area contributed by atoms with Crippen molar-refractivity contribution in [3.8, 4) is 5.75 Å². The van der Waals surface area contributed by atoms with E-state index in [9.17, 15) is 18.3 Å². The number of hydrogen-bond donors (Lipinski definition) is 2. The van der Waals surface area contributed by atoms with E-state index in [4.69, 9.17) is 0 Å². The first-order chi connectivity index (χ1) is 9.68. The van der Waals surface area contributed by atoms with Gasteiger partial charge in [0.25, 0.3) is 5.91 Å². The van der Waals surface area contributed by atoms with Crippen LogP contribution in [-0.2, 0) is 27.8 Å². The first-order valence-electron chi connectivity index (χ1n) is 6.86. The molecule has 1 aliphatic carbocycles. The largest absolute Gasteiger partial charge is 0.506 e. The van der Waals surface area contributed by atoms with Gasteiger partial charge in [0.05, 0.1) is 5.69 Å². The molecule has 0 unspecified atom stereocenters. The normalized spacial score (nSPS) is 21.7. The van der Waals surface area contributed by atoms with Crippen molar-refractivity contribution in [2.75, 3.05) is 10.8 Å². The van der Waals surface area contributed by atoms with E-state index in [1.165, 1.54) is 0 Å². The number of aryl methyl sites for hydroxylation is 1. The molecule has 1 heterocycles. The standard InChI is InChI=1S/C14H18N2O4S.K/c1-14(2)4-3-9-6-12(17)11(5-10(9)7-14)16-8-13(18)15-21(16,19)20;/h5-6,17H,3-4,7-8H2,1-2H3,(H,15,18);. The van der Waals surface area contributed by atoms with E-state index in [-0.39, 0.29) is 74.8 Å². The molecule has 2 aliphatic rings. The van der Waals surface area contributed by atoms with Crippen molar-refractivity contribution in [3.05, 3.63) is 23.3 Å². The van der Waals surface area contributed by atoms with Crippen LogP contribution < -0.4 is 9.03 Å². The third kappa shape index (κ3) is 3.37. The Bertz CT molecular complexity index is 731. The fraction of sp³-hybridized carbons (Fsp3) is 0.500. The van der Waals surface area contributed by atoms with Crippen molar-refractivity contribution < 1.29 is 18.3 Å². The van der Waals surface area contributed by atoms with Crippen molar-refractivity contribution >= 4 is 73.2 Å². The second-order valence-electron chi connectivity index (χ2n) is 6.49. The zero-order valence-electron chi connectivity index (χ0n) is 13.0. The number of nitrogens with one attached hydrogen (secondary N) is 1. The molecule has 0 saturated carbocycles. The van der Waals surface area contributed by atoms with Crippen LogP contribution in [0, 0.1) is 5.41 Å². The van der Waals surface area contributed by atoms with Crippen LogP contribution in [0.3, 0.4) is 0 Å². The van der Waals surface area contributed by atoms with E-state index in [0.29, 0.717) is 0 Å². The van der Waals surface area contributed by atoms with Gasteiger partial charge in [-0.15, -0.1) is 0 Å². The summed E-state index contributed by atoms with van der Waals surface area (Å²) in [6, 6.07) is 3.32. The molecule has 0 spiro atoms. The van der Waals surface area contributed by atoms with Crippen LogP contribution in [0.15, 0.2) is 12.1 Å². The summed E-state index contributed by atoms with van der Waals surface area (Å²) in [4.78, 5) is 11.3. The van der Waals surface area contributed by atoms with Crippen LogP contribution in [0.2, 0.25) is 0 Å². The number of amides is 1. The number of aromatic hydroxyl groups is 1. The summed E-state index contributed by atoms with van der Waals surface area (Å²) in [6.45, 7) is 4.04. The van der Waals surface area contributed by atoms with Crippen molar-refractivity contribution in [2.45, 2.75) is 33.1 Å². The summed E-state index contributed by atoms with van der Waals surface area (Å²) in [6.07, 6.45) is 2.71. The van der Waals surface area contributed by atoms with Gasteiger partial charge in [0.2, 0.25) is 0 Å². The second-order valence-corrected chi connectivity index (χ2v) is 8.08. The number of benzene rings is 1. The molecule has 0 bridgehead atoms. The van der Waals surface area contributed by atoms with Gasteiger partial charge >= 0.3 is 10.2 Å². The molecule has 1 aliphatic heterocycles. The van der Waals surface area contributed by atoms with Crippen molar-refractivity contribution in [3.63, 3.8) is 0 Å². The van der Waals surface area contributed by atoms with Crippen molar-refractivity contribution in [1.82, 2.24) is 4.72 Å². The van der Waals surface area contributed by atoms with Crippen LogP contribution in [-0.4, -0.2) is 77.4 Å². The van der Waals surface area contributed by atoms with Gasteiger partial charge < -0.3 is 5.11 Å². The van der Waals surface area contributed by atoms with Crippen LogP contribution in [0.4, 0.5) is 5.69 Å². The molecular weight excluding hydrogens is 331 g/mol. The average molecular weight is 349 g/mol. The average Bonchev–Trinajstić information content (AvgIpc) is 2.61. The molecule has 0 aromatic heterocycles. The molecule has 8 heteroatoms. The Morgan fingerprint density at radius 2 is 1.95 bits per heavy atom. The topological polar surface area (TPSA) is 86.7 Å². The molecule has 6 nitrogen and oxygen atoms in total. The molecule has 1 amide bonds. The summed E-state index contributed by atoms with van der Waals surface area (Å²) >= 11 is 0. The number of phenols is 1. The molecule has 2 N–H and O–H groups in total. The van der Waals surface area contributed by atoms with Crippen LogP contribution >= 0.6 is 0 Å². The summed E-state index contributed by atoms with van der Waals surface area (Å²) < 4.78 is 26.6. The summed E-state index contributed by atoms with van der Waals surface area (Å²) in [5.74, 6) is -0.694. The van der Waals surface area contributed by atoms with Crippen molar-refractivity contribution in [2.24, 2.45) is 5.41 Å². The van der Waals surface area contributed by atoms with E-state index in [1.54, 1.807) is 12.1 Å². The molecule has 1 aromatic rings. The number of carbonyl (C=O) groups excluding carboxylic acids is 1. The van der Waals surface area contributed by atoms with E-state index < -0.39 is 16.1 Å². The molecule has 3 rings (SSSR count). The Morgan fingerprint density at radius 1 is 1.27 bits per heavy atom. The van der Waals surface area contributed by atoms with Crippen LogP contribution in [0.5, 0.6) is 5.75 Å². The van der Waals surface area contributed by atoms with Gasteiger partial charge in [0, 0.05) is 51.4 Å². The molecule has 1 aromatic carbocycles. The van der Waals surface area contributed by atoms with Gasteiger partial charge in [-0.3, -0.25) is 4.79 Å². The van der Waals surface area contributed by atoms with Gasteiger partial charge in [-0.1, -0.05) is 13.8 Å². The minimum Gasteiger partial charge on any atom is -0.506 e. The Morgan fingerprint density at radius 3 is 2.55 bits per heavy atom. The molecule has 1 saturated heterocycles. The number of hydrogen-bond acceptors (Lipinski definition) is 4. The minimum atomic E-state index is -3.89. The number of carbonyl (C=O) groups is 1. The number of fused-ring (bicyclic) bond motifs is 1. The number of rotatable bonds is 1. The van der Waals surface area contributed by atoms with E-state index in [1.807, 2.05) is 4.72 Å². The fourth-order valence-corrected chi connectivity index (χ4v) is 4.15. The molecular formula is C14H18KN2O4S. The van der Waals surface area contributed by atoms with Gasteiger partial charge in [0.15, 0.2) is 0 Å². The summed E-state index contributed by atoms with van der Waals surface area (Å²) in [5, 5.41) is 10.1. The predicted molar refractivity (Wildman–Crippen MR) is 84.1 cm³/mol. The molecule has 0 atom stereocenters. The maximum absolute atomic E-state index is 11.9. The number of phenolic OH excluding ortho intramolecular Hbond substituents is 1. The third-order valence-corrected chi connectivity index (χ3v) is 5.52. The van der Waals surface area contributed by atoms with Gasteiger partial charge in [-0.05, 0) is 47.9 Å². The fourth-order valence-electron chi connectivity index (χ4n) is 3.00. The Balaban J connectivity index is 0.00000176. The molecule has 22 heavy (non-hydrogen) atoms. The van der Waals surface area contributed by atoms with E-state index >= 15 is 0 Å². The molecule has 1 radical (unpaired) electrons. The van der Waals surface area contributed by atoms with Gasteiger partial charge in [-0.25, -0.2) is 9.03 Å². The Hall–Kier alpha value is -0.124. The molecule has 115 valence electrons. The van der Waals surface area contributed by atoms with E-state index in [2.05, 4.69) is 13.8 Å². The predicted octanol–water partition coefficient (Wildman–Crippen LogP) is 0.707. The van der Waals surface area contributed by atoms with Gasteiger partial charge in [-0.2, -0.15) is 8.42 Å². The maximum atomic E-state index is 11.9.